The lowest BCUT2D eigenvalue weighted by atomic mass is 9.97. The number of hydrogen-bond donors (Lipinski definition) is 3. The highest BCUT2D eigenvalue weighted by Crippen LogP contribution is 2.24. The third-order valence-electron chi connectivity index (χ3n) is 6.98. The van der Waals surface area contributed by atoms with Crippen LogP contribution in [0.2, 0.25) is 0 Å². The van der Waals surface area contributed by atoms with Gasteiger partial charge >= 0.3 is 0 Å². The number of amidine groups is 1. The van der Waals surface area contributed by atoms with Gasteiger partial charge in [0, 0.05) is 50.2 Å². The molecule has 8 nitrogen and oxygen atoms in total. The van der Waals surface area contributed by atoms with Gasteiger partial charge in [-0.2, -0.15) is 0 Å². The number of anilines is 1. The average Bonchev–Trinajstić information content (AvgIpc) is 2.90. The standard InChI is InChI=1S/C21H31N5.C6H13N.CH3NO/c1-5-24(4)17(2)16-19-6-8-20(9-7-19)26-13-10-21(23-18(26)3)25-14-11-22-12-15-25;7-6-4-2-1-3-5-6;2-1-3/h6-10,13,17,22H,3,5,11-12,14-16H2,1-2,4H3;6H,1-5,7H2;1H,(H2,2,3). The molecular weight excluding hydrogens is 450 g/mol. The highest BCUT2D eigenvalue weighted by atomic mass is 16.1. The zero-order valence-corrected chi connectivity index (χ0v) is 22.5. The van der Waals surface area contributed by atoms with Crippen molar-refractivity contribution in [1.29, 1.82) is 0 Å². The van der Waals surface area contributed by atoms with Crippen molar-refractivity contribution >= 4 is 17.9 Å². The van der Waals surface area contributed by atoms with Crippen molar-refractivity contribution in [3.63, 3.8) is 0 Å². The molecule has 36 heavy (non-hydrogen) atoms. The first kappa shape index (κ1) is 29.5. The summed E-state index contributed by atoms with van der Waals surface area (Å²) >= 11 is 0. The molecule has 0 radical (unpaired) electrons. The summed E-state index contributed by atoms with van der Waals surface area (Å²) in [5.74, 6) is 1.79. The number of carbonyl (C=O) groups is 1. The fourth-order valence-corrected chi connectivity index (χ4v) is 4.49. The van der Waals surface area contributed by atoms with E-state index in [2.05, 4.69) is 89.8 Å². The minimum Gasteiger partial charge on any atom is -0.372 e. The van der Waals surface area contributed by atoms with E-state index in [1.54, 1.807) is 0 Å². The molecule has 1 unspecified atom stereocenters. The highest BCUT2D eigenvalue weighted by molar-refractivity contribution is 5.95. The molecule has 5 N–H and O–H groups in total. The molecular formula is C28H47N7O. The SMILES string of the molecule is C=C1N=C(N2CCNCC2)C=CN1c1ccc(CC(C)N(C)CC)cc1.NC1CCCCC1.NC=O. The summed E-state index contributed by atoms with van der Waals surface area (Å²) in [6, 6.07) is 9.83. The van der Waals surface area contributed by atoms with Crippen LogP contribution in [0.5, 0.6) is 0 Å². The van der Waals surface area contributed by atoms with Gasteiger partial charge in [0.1, 0.15) is 11.7 Å². The third kappa shape index (κ3) is 9.76. The Kier molecular flexibility index (Phi) is 13.2. The van der Waals surface area contributed by atoms with Crippen molar-refractivity contribution in [2.75, 3.05) is 44.7 Å². The Morgan fingerprint density at radius 3 is 2.31 bits per heavy atom. The van der Waals surface area contributed by atoms with Crippen LogP contribution in [0.4, 0.5) is 5.69 Å². The second-order valence-corrected chi connectivity index (χ2v) is 9.64. The van der Waals surface area contributed by atoms with Crippen LogP contribution < -0.4 is 21.7 Å². The molecule has 1 aromatic rings. The van der Waals surface area contributed by atoms with Crippen molar-refractivity contribution in [1.82, 2.24) is 15.1 Å². The summed E-state index contributed by atoms with van der Waals surface area (Å²) < 4.78 is 0. The van der Waals surface area contributed by atoms with Crippen molar-refractivity contribution in [3.05, 3.63) is 54.5 Å². The van der Waals surface area contributed by atoms with E-state index >= 15 is 0 Å². The van der Waals surface area contributed by atoms with E-state index in [1.807, 2.05) is 0 Å². The fraction of sp³-hybridized carbons (Fsp3) is 0.571. The highest BCUT2D eigenvalue weighted by Gasteiger charge is 2.18. The number of primary amides is 1. The largest absolute Gasteiger partial charge is 0.372 e. The van der Waals surface area contributed by atoms with Gasteiger partial charge in [-0.15, -0.1) is 0 Å². The smallest absolute Gasteiger partial charge is 0.204 e. The number of piperazine rings is 1. The fourth-order valence-electron chi connectivity index (χ4n) is 4.49. The number of rotatable bonds is 5. The van der Waals surface area contributed by atoms with Crippen molar-refractivity contribution < 1.29 is 4.79 Å². The van der Waals surface area contributed by atoms with E-state index in [0.29, 0.717) is 12.1 Å². The lowest BCUT2D eigenvalue weighted by Crippen LogP contribution is -2.46. The molecule has 1 aliphatic carbocycles. The molecule has 0 spiro atoms. The number of nitrogens with two attached hydrogens (primary N) is 2. The maximum Gasteiger partial charge on any atom is 0.204 e. The molecule has 3 aliphatic rings. The topological polar surface area (TPSA) is 103 Å². The van der Waals surface area contributed by atoms with Gasteiger partial charge in [-0.3, -0.25) is 4.79 Å². The zero-order valence-electron chi connectivity index (χ0n) is 22.5. The van der Waals surface area contributed by atoms with Gasteiger partial charge in [-0.1, -0.05) is 44.9 Å². The van der Waals surface area contributed by atoms with Crippen LogP contribution in [0, 0.1) is 0 Å². The van der Waals surface area contributed by atoms with Crippen molar-refractivity contribution in [2.45, 2.75) is 64.5 Å². The molecule has 1 saturated carbocycles. The predicted octanol–water partition coefficient (Wildman–Crippen LogP) is 3.06. The average molecular weight is 498 g/mol. The molecule has 1 amide bonds. The van der Waals surface area contributed by atoms with Gasteiger partial charge in [-0.05, 0) is 63.6 Å². The van der Waals surface area contributed by atoms with Crippen molar-refractivity contribution in [2.24, 2.45) is 16.5 Å². The molecule has 0 bridgehead atoms. The second kappa shape index (κ2) is 16.1. The Morgan fingerprint density at radius 2 is 1.81 bits per heavy atom. The Hall–Kier alpha value is -2.68. The van der Waals surface area contributed by atoms with E-state index in [-0.39, 0.29) is 6.41 Å². The molecule has 2 aliphatic heterocycles. The van der Waals surface area contributed by atoms with E-state index in [1.165, 1.54) is 37.7 Å². The molecule has 4 rings (SSSR count). The maximum atomic E-state index is 8.58. The summed E-state index contributed by atoms with van der Waals surface area (Å²) in [6.45, 7) is 13.7. The number of carbonyl (C=O) groups excluding carboxylic acids is 1. The van der Waals surface area contributed by atoms with Crippen LogP contribution in [0.3, 0.4) is 0 Å². The zero-order chi connectivity index (χ0) is 26.3. The van der Waals surface area contributed by atoms with E-state index in [0.717, 1.165) is 56.5 Å². The number of nitrogens with zero attached hydrogens (tertiary/aromatic N) is 4. The molecule has 1 atom stereocenters. The van der Waals surface area contributed by atoms with Gasteiger partial charge in [0.15, 0.2) is 0 Å². The van der Waals surface area contributed by atoms with Crippen LogP contribution in [0.1, 0.15) is 51.5 Å². The first-order valence-electron chi connectivity index (χ1n) is 13.3. The number of hydrogen-bond acceptors (Lipinski definition) is 7. The second-order valence-electron chi connectivity index (χ2n) is 9.64. The first-order valence-corrected chi connectivity index (χ1v) is 13.3. The van der Waals surface area contributed by atoms with E-state index in [9.17, 15) is 0 Å². The lowest BCUT2D eigenvalue weighted by Gasteiger charge is -2.32. The minimum absolute atomic E-state index is 0.250. The molecule has 2 fully saturated rings. The Bertz CT molecular complexity index is 840. The van der Waals surface area contributed by atoms with E-state index in [4.69, 9.17) is 15.5 Å². The summed E-state index contributed by atoms with van der Waals surface area (Å²) in [7, 11) is 2.18. The number of nitrogens with one attached hydrogen (secondary N) is 1. The van der Waals surface area contributed by atoms with E-state index < -0.39 is 0 Å². The molecule has 1 saturated heterocycles. The monoisotopic (exact) mass is 497 g/mol. The minimum atomic E-state index is 0.250. The molecule has 1 aromatic carbocycles. The predicted molar refractivity (Wildman–Crippen MR) is 152 cm³/mol. The van der Waals surface area contributed by atoms with Gasteiger partial charge in [0.2, 0.25) is 6.41 Å². The molecule has 2 heterocycles. The van der Waals surface area contributed by atoms with Gasteiger partial charge in [-0.25, -0.2) is 4.99 Å². The van der Waals surface area contributed by atoms with Crippen LogP contribution in [-0.4, -0.2) is 73.9 Å². The summed E-state index contributed by atoms with van der Waals surface area (Å²) in [5, 5.41) is 3.37. The normalized spacial score (nSPS) is 19.0. The number of likely N-dealkylation sites (N-methyl/N-ethyl adjacent to an activating group) is 1. The Morgan fingerprint density at radius 1 is 1.19 bits per heavy atom. The number of amides is 1. The maximum absolute atomic E-state index is 8.58. The lowest BCUT2D eigenvalue weighted by molar-refractivity contribution is -0.106. The Labute approximate surface area is 218 Å². The quantitative estimate of drug-likeness (QED) is 0.540. The summed E-state index contributed by atoms with van der Waals surface area (Å²) in [6.07, 6.45) is 12.1. The third-order valence-corrected chi connectivity index (χ3v) is 6.98. The van der Waals surface area contributed by atoms with Crippen molar-refractivity contribution in [3.8, 4) is 0 Å². The van der Waals surface area contributed by atoms with Gasteiger partial charge in [0.25, 0.3) is 0 Å². The first-order chi connectivity index (χ1) is 17.4. The van der Waals surface area contributed by atoms with Gasteiger partial charge in [0.05, 0.1) is 0 Å². The Balaban J connectivity index is 0.000000383. The van der Waals surface area contributed by atoms with Crippen LogP contribution >= 0.6 is 0 Å². The summed E-state index contributed by atoms with van der Waals surface area (Å²) in [4.78, 5) is 20.0. The van der Waals surface area contributed by atoms with Gasteiger partial charge < -0.3 is 31.5 Å². The van der Waals surface area contributed by atoms with Crippen LogP contribution in [0.25, 0.3) is 0 Å². The van der Waals surface area contributed by atoms with Crippen LogP contribution in [0.15, 0.2) is 53.9 Å². The molecule has 0 aromatic heterocycles. The number of aliphatic imine (C=N–C) groups is 1. The van der Waals surface area contributed by atoms with Crippen LogP contribution in [-0.2, 0) is 11.2 Å². The number of benzene rings is 1. The summed E-state index contributed by atoms with van der Waals surface area (Å²) in [5.41, 5.74) is 12.3. The molecule has 200 valence electrons. The molecule has 8 heteroatoms.